The van der Waals surface area contributed by atoms with Gasteiger partial charge in [0.15, 0.2) is 0 Å². The average molecular weight is 471 g/mol. The summed E-state index contributed by atoms with van der Waals surface area (Å²) in [6.45, 7) is 13.6. The molecule has 6 rings (SSSR count). The predicted molar refractivity (Wildman–Crippen MR) is 132 cm³/mol. The molecule has 0 heterocycles. The third-order valence-corrected chi connectivity index (χ3v) is 14.0. The molecular formula is C30H46O4. The van der Waals surface area contributed by atoms with Crippen molar-refractivity contribution in [3.05, 3.63) is 12.2 Å². The first-order chi connectivity index (χ1) is 15.7. The number of aliphatic hydroxyl groups excluding tert-OH is 1. The molecule has 0 aromatic rings. The number of hydrogen-bond donors (Lipinski definition) is 3. The van der Waals surface area contributed by atoms with Crippen LogP contribution in [0.25, 0.3) is 0 Å². The Balaban J connectivity index is 1.49. The fourth-order valence-corrected chi connectivity index (χ4v) is 12.0. The molecule has 1 unspecified atom stereocenters. The SMILES string of the molecule is C[C@@H]1CC[C@]2(C(=O)O)CCC34C[C@]3(C=C[C@@H]3[C@@]5(C)CC[C@H](O)C(C)(C)[C@@H]5CC[C@]34C)[C@@H]2[C@]1(C)O. The maximum Gasteiger partial charge on any atom is 0.310 e. The van der Waals surface area contributed by atoms with E-state index in [1.54, 1.807) is 0 Å². The van der Waals surface area contributed by atoms with Gasteiger partial charge in [-0.1, -0.05) is 46.8 Å². The van der Waals surface area contributed by atoms with Gasteiger partial charge in [0.25, 0.3) is 0 Å². The minimum absolute atomic E-state index is 0.0780. The van der Waals surface area contributed by atoms with Gasteiger partial charge in [0, 0.05) is 11.3 Å². The molecule has 34 heavy (non-hydrogen) atoms. The molecule has 4 heteroatoms. The predicted octanol–water partition coefficient (Wildman–Crippen LogP) is 5.81. The summed E-state index contributed by atoms with van der Waals surface area (Å²) in [7, 11) is 0. The Morgan fingerprint density at radius 3 is 2.32 bits per heavy atom. The summed E-state index contributed by atoms with van der Waals surface area (Å²) < 4.78 is 0. The van der Waals surface area contributed by atoms with Crippen molar-refractivity contribution >= 4 is 5.97 Å². The van der Waals surface area contributed by atoms with Crippen LogP contribution < -0.4 is 0 Å². The summed E-state index contributed by atoms with van der Waals surface area (Å²) in [5.41, 5.74) is -1.68. The molecule has 5 saturated carbocycles. The van der Waals surface area contributed by atoms with Crippen LogP contribution in [0.3, 0.4) is 0 Å². The topological polar surface area (TPSA) is 77.8 Å². The number of allylic oxidation sites excluding steroid dienone is 2. The molecule has 0 aromatic heterocycles. The van der Waals surface area contributed by atoms with E-state index in [1.165, 1.54) is 0 Å². The third-order valence-electron chi connectivity index (χ3n) is 14.0. The minimum atomic E-state index is -0.968. The van der Waals surface area contributed by atoms with Crippen molar-refractivity contribution in [2.75, 3.05) is 0 Å². The second-order valence-electron chi connectivity index (χ2n) is 15.1. The van der Waals surface area contributed by atoms with Gasteiger partial charge in [0.05, 0.1) is 17.1 Å². The van der Waals surface area contributed by atoms with Crippen LogP contribution in [0.4, 0.5) is 0 Å². The number of aliphatic hydroxyl groups is 2. The van der Waals surface area contributed by atoms with Gasteiger partial charge in [-0.3, -0.25) is 4.79 Å². The molecule has 0 spiro atoms. The summed E-state index contributed by atoms with van der Waals surface area (Å²) in [5, 5.41) is 33.4. The first-order valence-electron chi connectivity index (χ1n) is 14.0. The number of carboxylic acids is 1. The maximum absolute atomic E-state index is 12.9. The second-order valence-corrected chi connectivity index (χ2v) is 15.1. The van der Waals surface area contributed by atoms with E-state index in [1.807, 2.05) is 6.92 Å². The highest BCUT2D eigenvalue weighted by molar-refractivity contribution is 5.77. The van der Waals surface area contributed by atoms with Gasteiger partial charge in [-0.05, 0) is 104 Å². The normalized spacial score (nSPS) is 61.2. The Hall–Kier alpha value is -0.870. The minimum Gasteiger partial charge on any atom is -0.481 e. The van der Waals surface area contributed by atoms with Crippen LogP contribution in [0, 0.1) is 56.2 Å². The summed E-state index contributed by atoms with van der Waals surface area (Å²) >= 11 is 0. The number of rotatable bonds is 1. The van der Waals surface area contributed by atoms with Gasteiger partial charge < -0.3 is 15.3 Å². The molecule has 0 aromatic carbocycles. The van der Waals surface area contributed by atoms with E-state index in [2.05, 4.69) is 46.8 Å². The van der Waals surface area contributed by atoms with E-state index >= 15 is 0 Å². The Bertz CT molecular complexity index is 967. The number of carboxylic acid groups (broad SMARTS) is 1. The molecule has 5 fully saturated rings. The quantitative estimate of drug-likeness (QED) is 0.422. The van der Waals surface area contributed by atoms with Crippen molar-refractivity contribution in [3.8, 4) is 0 Å². The molecule has 190 valence electrons. The summed E-state index contributed by atoms with van der Waals surface area (Å²) in [6, 6.07) is 0. The van der Waals surface area contributed by atoms with E-state index in [0.717, 1.165) is 44.9 Å². The van der Waals surface area contributed by atoms with E-state index in [4.69, 9.17) is 0 Å². The van der Waals surface area contributed by atoms with Gasteiger partial charge in [0.2, 0.25) is 0 Å². The maximum atomic E-state index is 12.9. The third kappa shape index (κ3) is 2.25. The van der Waals surface area contributed by atoms with E-state index in [0.29, 0.717) is 24.7 Å². The number of hydrogen-bond acceptors (Lipinski definition) is 3. The zero-order valence-electron chi connectivity index (χ0n) is 22.2. The monoisotopic (exact) mass is 470 g/mol. The summed E-state index contributed by atoms with van der Waals surface area (Å²) in [4.78, 5) is 12.9. The molecule has 0 amide bonds. The first-order valence-corrected chi connectivity index (χ1v) is 14.0. The van der Waals surface area contributed by atoms with Crippen molar-refractivity contribution in [1.82, 2.24) is 0 Å². The van der Waals surface area contributed by atoms with Gasteiger partial charge in [-0.2, -0.15) is 0 Å². The Morgan fingerprint density at radius 1 is 0.941 bits per heavy atom. The largest absolute Gasteiger partial charge is 0.481 e. The molecule has 0 aliphatic heterocycles. The van der Waals surface area contributed by atoms with Crippen molar-refractivity contribution < 1.29 is 20.1 Å². The van der Waals surface area contributed by atoms with E-state index in [9.17, 15) is 20.1 Å². The molecule has 3 N–H and O–H groups in total. The Morgan fingerprint density at radius 2 is 1.65 bits per heavy atom. The van der Waals surface area contributed by atoms with Crippen molar-refractivity contribution in [2.45, 2.75) is 111 Å². The van der Waals surface area contributed by atoms with Crippen LogP contribution >= 0.6 is 0 Å². The van der Waals surface area contributed by atoms with Crippen LogP contribution in [0.2, 0.25) is 0 Å². The second kappa shape index (κ2) is 6.33. The summed E-state index contributed by atoms with van der Waals surface area (Å²) in [5.74, 6) is 0.159. The lowest BCUT2D eigenvalue weighted by Gasteiger charge is -2.68. The van der Waals surface area contributed by atoms with Crippen LogP contribution in [-0.4, -0.2) is 33.0 Å². The molecule has 4 nitrogen and oxygen atoms in total. The van der Waals surface area contributed by atoms with Crippen LogP contribution in [0.5, 0.6) is 0 Å². The highest BCUT2D eigenvalue weighted by atomic mass is 16.4. The zero-order valence-corrected chi connectivity index (χ0v) is 22.2. The molecule has 0 radical (unpaired) electrons. The lowest BCUT2D eigenvalue weighted by molar-refractivity contribution is -0.223. The van der Waals surface area contributed by atoms with E-state index in [-0.39, 0.29) is 45.0 Å². The van der Waals surface area contributed by atoms with Gasteiger partial charge in [-0.25, -0.2) is 0 Å². The zero-order chi connectivity index (χ0) is 24.7. The molecule has 11 atom stereocenters. The average Bonchev–Trinajstić information content (AvgIpc) is 3.45. The van der Waals surface area contributed by atoms with Crippen LogP contribution in [0.15, 0.2) is 12.2 Å². The summed E-state index contributed by atoms with van der Waals surface area (Å²) in [6.07, 6.45) is 13.1. The number of carbonyl (C=O) groups is 1. The van der Waals surface area contributed by atoms with E-state index < -0.39 is 17.0 Å². The fraction of sp³-hybridized carbons (Fsp3) is 0.900. The highest BCUT2D eigenvalue weighted by Crippen LogP contribution is 2.90. The van der Waals surface area contributed by atoms with Crippen molar-refractivity contribution in [1.29, 1.82) is 0 Å². The van der Waals surface area contributed by atoms with Gasteiger partial charge in [-0.15, -0.1) is 0 Å². The fourth-order valence-electron chi connectivity index (χ4n) is 12.0. The number of aliphatic carboxylic acids is 1. The van der Waals surface area contributed by atoms with Crippen LogP contribution in [-0.2, 0) is 4.79 Å². The van der Waals surface area contributed by atoms with Gasteiger partial charge in [0.1, 0.15) is 0 Å². The lowest BCUT2D eigenvalue weighted by atomic mass is 9.36. The lowest BCUT2D eigenvalue weighted by Crippen LogP contribution is -2.66. The Kier molecular flexibility index (Phi) is 4.38. The first kappa shape index (κ1) is 23.5. The van der Waals surface area contributed by atoms with Gasteiger partial charge >= 0.3 is 5.97 Å². The molecule has 6 aliphatic rings. The highest BCUT2D eigenvalue weighted by Gasteiger charge is 2.86. The molecule has 0 saturated heterocycles. The Labute approximate surface area is 205 Å². The number of fused-ring (bicyclic) bond motifs is 4. The molecular weight excluding hydrogens is 424 g/mol. The standard InChI is InChI=1S/C30H46O4/c1-18-7-13-28(23(32)33)15-16-30-17-29(30,22(28)27(18,6)34)14-9-20-25(4)11-10-21(31)24(2,3)19(25)8-12-26(20,30)5/h9,14,18-22,31,34H,7-8,10-13,15-17H2,1-6H3,(H,32,33)/t18-,19+,20-,21+,22-,25+,26-,27-,28+,29-,30?/m1/s1. The smallest absolute Gasteiger partial charge is 0.310 e. The van der Waals surface area contributed by atoms with Crippen LogP contribution in [0.1, 0.15) is 99.3 Å². The molecule has 6 aliphatic carbocycles. The van der Waals surface area contributed by atoms with Crippen molar-refractivity contribution in [2.24, 2.45) is 56.2 Å². The molecule has 0 bridgehead atoms. The van der Waals surface area contributed by atoms with Crippen molar-refractivity contribution in [3.63, 3.8) is 0 Å².